The maximum atomic E-state index is 12.4. The van der Waals surface area contributed by atoms with E-state index in [4.69, 9.17) is 4.74 Å². The van der Waals surface area contributed by atoms with Gasteiger partial charge < -0.3 is 10.1 Å². The fraction of sp³-hybridized carbons (Fsp3) is 0.158. The highest BCUT2D eigenvalue weighted by Gasteiger charge is 2.41. The van der Waals surface area contributed by atoms with Gasteiger partial charge in [-0.15, -0.1) is 0 Å². The van der Waals surface area contributed by atoms with Crippen LogP contribution in [0.4, 0.5) is 5.69 Å². The number of rotatable bonds is 5. The molecule has 26 heavy (non-hydrogen) atoms. The Labute approximate surface area is 149 Å². The van der Waals surface area contributed by atoms with E-state index in [9.17, 15) is 19.2 Å². The van der Waals surface area contributed by atoms with Gasteiger partial charge in [0.25, 0.3) is 17.7 Å². The summed E-state index contributed by atoms with van der Waals surface area (Å²) in [5, 5.41) is 2.57. The van der Waals surface area contributed by atoms with E-state index in [0.717, 1.165) is 4.90 Å². The van der Waals surface area contributed by atoms with Gasteiger partial charge in [0.2, 0.25) is 0 Å². The molecule has 1 heterocycles. The van der Waals surface area contributed by atoms with Crippen LogP contribution < -0.4 is 5.32 Å². The van der Waals surface area contributed by atoms with E-state index < -0.39 is 36.3 Å². The number of carbonyl (C=O) groups is 4. The number of ether oxygens (including phenoxy) is 1. The SMILES string of the molecule is C[C@H](C(=O)OCC(=O)Nc1ccccc1)N1C(=O)c2ccccc2C1=O. The van der Waals surface area contributed by atoms with Crippen molar-refractivity contribution in [2.24, 2.45) is 0 Å². The Kier molecular flexibility index (Phi) is 4.79. The fourth-order valence-electron chi connectivity index (χ4n) is 2.64. The lowest BCUT2D eigenvalue weighted by Crippen LogP contribution is -2.44. The van der Waals surface area contributed by atoms with Crippen LogP contribution in [-0.2, 0) is 14.3 Å². The number of nitrogens with zero attached hydrogens (tertiary/aromatic N) is 1. The molecule has 1 atom stereocenters. The summed E-state index contributed by atoms with van der Waals surface area (Å²) in [6.07, 6.45) is 0. The van der Waals surface area contributed by atoms with Crippen LogP contribution >= 0.6 is 0 Å². The van der Waals surface area contributed by atoms with Crippen LogP contribution in [0.1, 0.15) is 27.6 Å². The van der Waals surface area contributed by atoms with E-state index in [2.05, 4.69) is 5.32 Å². The summed E-state index contributed by atoms with van der Waals surface area (Å²) in [4.78, 5) is 49.6. The van der Waals surface area contributed by atoms with Gasteiger partial charge in [0.05, 0.1) is 11.1 Å². The summed E-state index contributed by atoms with van der Waals surface area (Å²) in [5.74, 6) is -2.45. The number of nitrogens with one attached hydrogen (secondary N) is 1. The second-order valence-electron chi connectivity index (χ2n) is 5.72. The summed E-state index contributed by atoms with van der Waals surface area (Å²) in [7, 11) is 0. The summed E-state index contributed by atoms with van der Waals surface area (Å²) in [6, 6.07) is 13.9. The van der Waals surface area contributed by atoms with Crippen LogP contribution in [0.3, 0.4) is 0 Å². The molecular weight excluding hydrogens is 336 g/mol. The van der Waals surface area contributed by atoms with Gasteiger partial charge >= 0.3 is 5.97 Å². The van der Waals surface area contributed by atoms with E-state index in [0.29, 0.717) is 5.69 Å². The van der Waals surface area contributed by atoms with E-state index >= 15 is 0 Å². The Balaban J connectivity index is 1.59. The van der Waals surface area contributed by atoms with Gasteiger partial charge in [-0.1, -0.05) is 30.3 Å². The Bertz CT molecular complexity index is 844. The molecule has 0 fully saturated rings. The van der Waals surface area contributed by atoms with Crippen LogP contribution in [0.25, 0.3) is 0 Å². The molecule has 0 spiro atoms. The smallest absolute Gasteiger partial charge is 0.329 e. The standard InChI is InChI=1S/C19H16N2O5/c1-12(21-17(23)14-9-5-6-10-15(14)18(21)24)19(25)26-11-16(22)20-13-7-3-2-4-8-13/h2-10,12H,11H2,1H3,(H,20,22)/t12-/m1/s1. The van der Waals surface area contributed by atoms with Crippen LogP contribution in [0.5, 0.6) is 0 Å². The molecule has 3 rings (SSSR count). The zero-order valence-electron chi connectivity index (χ0n) is 14.0. The molecule has 1 N–H and O–H groups in total. The van der Waals surface area contributed by atoms with Crippen LogP contribution in [0, 0.1) is 0 Å². The zero-order valence-corrected chi connectivity index (χ0v) is 14.0. The lowest BCUT2D eigenvalue weighted by atomic mass is 10.1. The quantitative estimate of drug-likeness (QED) is 0.655. The van der Waals surface area contributed by atoms with Crippen molar-refractivity contribution in [1.82, 2.24) is 4.90 Å². The van der Waals surface area contributed by atoms with E-state index in [1.165, 1.54) is 19.1 Å². The van der Waals surface area contributed by atoms with Gasteiger partial charge in [0.1, 0.15) is 6.04 Å². The maximum absolute atomic E-state index is 12.4. The molecule has 0 bridgehead atoms. The van der Waals surface area contributed by atoms with E-state index in [1.54, 1.807) is 42.5 Å². The number of esters is 1. The van der Waals surface area contributed by atoms with Crippen molar-refractivity contribution in [3.63, 3.8) is 0 Å². The third kappa shape index (κ3) is 3.32. The van der Waals surface area contributed by atoms with Gasteiger partial charge in [-0.25, -0.2) is 4.79 Å². The summed E-state index contributed by atoms with van der Waals surface area (Å²) < 4.78 is 4.95. The Morgan fingerprint density at radius 1 is 0.962 bits per heavy atom. The predicted molar refractivity (Wildman–Crippen MR) is 92.4 cm³/mol. The van der Waals surface area contributed by atoms with Crippen molar-refractivity contribution in [2.75, 3.05) is 11.9 Å². The average molecular weight is 352 g/mol. The van der Waals surface area contributed by atoms with Crippen LogP contribution in [0.15, 0.2) is 54.6 Å². The zero-order chi connectivity index (χ0) is 18.7. The molecule has 0 unspecified atom stereocenters. The molecule has 7 heteroatoms. The molecule has 7 nitrogen and oxygen atoms in total. The maximum Gasteiger partial charge on any atom is 0.329 e. The fourth-order valence-corrected chi connectivity index (χ4v) is 2.64. The number of para-hydroxylation sites is 1. The number of carbonyl (C=O) groups excluding carboxylic acids is 4. The summed E-state index contributed by atoms with van der Waals surface area (Å²) >= 11 is 0. The van der Waals surface area contributed by atoms with Gasteiger partial charge in [-0.05, 0) is 31.2 Å². The van der Waals surface area contributed by atoms with Crippen molar-refractivity contribution in [3.8, 4) is 0 Å². The third-order valence-corrected chi connectivity index (χ3v) is 3.96. The number of hydrogen-bond donors (Lipinski definition) is 1. The van der Waals surface area contributed by atoms with Crippen LogP contribution in [0.2, 0.25) is 0 Å². The molecule has 0 saturated carbocycles. The van der Waals surface area contributed by atoms with Crippen molar-refractivity contribution >= 4 is 29.4 Å². The molecule has 3 amide bonds. The number of imide groups is 1. The monoisotopic (exact) mass is 352 g/mol. The lowest BCUT2D eigenvalue weighted by molar-refractivity contribution is -0.150. The van der Waals surface area contributed by atoms with Gasteiger partial charge in [-0.3, -0.25) is 19.3 Å². The van der Waals surface area contributed by atoms with Gasteiger partial charge in [0.15, 0.2) is 6.61 Å². The predicted octanol–water partition coefficient (Wildman–Crippen LogP) is 1.85. The lowest BCUT2D eigenvalue weighted by Gasteiger charge is -2.20. The molecule has 0 radical (unpaired) electrons. The first-order valence-electron chi connectivity index (χ1n) is 7.97. The minimum Gasteiger partial charge on any atom is -0.454 e. The third-order valence-electron chi connectivity index (χ3n) is 3.96. The Morgan fingerprint density at radius 2 is 1.50 bits per heavy atom. The van der Waals surface area contributed by atoms with Crippen LogP contribution in [-0.4, -0.2) is 41.2 Å². The molecule has 0 saturated heterocycles. The van der Waals surface area contributed by atoms with Crippen molar-refractivity contribution in [1.29, 1.82) is 0 Å². The minimum atomic E-state index is -1.13. The molecule has 2 aromatic carbocycles. The number of anilines is 1. The highest BCUT2D eigenvalue weighted by Crippen LogP contribution is 2.24. The molecule has 1 aliphatic rings. The molecule has 0 aromatic heterocycles. The highest BCUT2D eigenvalue weighted by atomic mass is 16.5. The number of hydrogen-bond acceptors (Lipinski definition) is 5. The highest BCUT2D eigenvalue weighted by molar-refractivity contribution is 6.22. The second kappa shape index (κ2) is 7.18. The topological polar surface area (TPSA) is 92.8 Å². The first-order valence-corrected chi connectivity index (χ1v) is 7.97. The average Bonchev–Trinajstić information content (AvgIpc) is 2.91. The number of benzene rings is 2. The summed E-state index contributed by atoms with van der Waals surface area (Å²) in [6.45, 7) is 0.875. The van der Waals surface area contributed by atoms with Crippen molar-refractivity contribution in [2.45, 2.75) is 13.0 Å². The van der Waals surface area contributed by atoms with Gasteiger partial charge in [0, 0.05) is 5.69 Å². The Morgan fingerprint density at radius 3 is 2.08 bits per heavy atom. The normalized spacial score (nSPS) is 14.0. The molecule has 0 aliphatic carbocycles. The van der Waals surface area contributed by atoms with Crippen molar-refractivity contribution < 1.29 is 23.9 Å². The second-order valence-corrected chi connectivity index (χ2v) is 5.72. The first-order chi connectivity index (χ1) is 12.5. The molecular formula is C19H16N2O5. The van der Waals surface area contributed by atoms with E-state index in [-0.39, 0.29) is 11.1 Å². The van der Waals surface area contributed by atoms with Gasteiger partial charge in [-0.2, -0.15) is 0 Å². The largest absolute Gasteiger partial charge is 0.454 e. The minimum absolute atomic E-state index is 0.249. The Hall–Kier alpha value is -3.48. The molecule has 132 valence electrons. The van der Waals surface area contributed by atoms with E-state index in [1.807, 2.05) is 0 Å². The summed E-state index contributed by atoms with van der Waals surface area (Å²) in [5.41, 5.74) is 1.07. The number of fused-ring (bicyclic) bond motifs is 1. The molecule has 2 aromatic rings. The molecule has 1 aliphatic heterocycles. The number of amides is 3. The van der Waals surface area contributed by atoms with Crippen molar-refractivity contribution in [3.05, 3.63) is 65.7 Å². The first kappa shape index (κ1) is 17.3.